The molecule has 1 atom stereocenters. The number of rotatable bonds is 3. The number of hydrogen-bond donors (Lipinski definition) is 1. The largest absolute Gasteiger partial charge is 0.479 e. The maximum Gasteiger partial charge on any atom is 0.334 e. The van der Waals surface area contributed by atoms with E-state index < -0.39 is 17.5 Å². The minimum atomic E-state index is -1.08. The Morgan fingerprint density at radius 3 is 2.52 bits per heavy atom. The zero-order valence-electron chi connectivity index (χ0n) is 12.0. The van der Waals surface area contributed by atoms with E-state index in [1.807, 2.05) is 0 Å². The summed E-state index contributed by atoms with van der Waals surface area (Å²) in [4.78, 5) is 25.1. The van der Waals surface area contributed by atoms with E-state index in [1.54, 1.807) is 26.0 Å². The van der Waals surface area contributed by atoms with Crippen molar-refractivity contribution in [3.63, 3.8) is 0 Å². The van der Waals surface area contributed by atoms with Gasteiger partial charge in [-0.1, -0.05) is 12.1 Å². The number of hydrogen-bond acceptors (Lipinski definition) is 3. The summed E-state index contributed by atoms with van der Waals surface area (Å²) in [7, 11) is 0. The van der Waals surface area contributed by atoms with Crippen LogP contribution in [0.25, 0.3) is 0 Å². The van der Waals surface area contributed by atoms with Crippen molar-refractivity contribution in [2.45, 2.75) is 25.4 Å². The van der Waals surface area contributed by atoms with Gasteiger partial charge in [0, 0.05) is 6.54 Å². The van der Waals surface area contributed by atoms with E-state index in [9.17, 15) is 14.0 Å². The minimum absolute atomic E-state index is 0.0266. The highest BCUT2D eigenvalue weighted by Crippen LogP contribution is 2.27. The topological polar surface area (TPSA) is 66.8 Å². The molecule has 0 aliphatic carbocycles. The standard InChI is InChI=1S/C15H18FNO4/c1-15(2,10-3-5-11(16)6-4-10)14(20)17-7-8-21-12(9-17)13(18)19/h3-6,12H,7-9H2,1-2H3,(H,18,19)/t12-/m1/s1. The number of carbonyl (C=O) groups excluding carboxylic acids is 1. The van der Waals surface area contributed by atoms with Crippen molar-refractivity contribution in [3.05, 3.63) is 35.6 Å². The first kappa shape index (κ1) is 15.4. The summed E-state index contributed by atoms with van der Waals surface area (Å²) < 4.78 is 18.1. The summed E-state index contributed by atoms with van der Waals surface area (Å²) in [6.45, 7) is 4.07. The van der Waals surface area contributed by atoms with Gasteiger partial charge in [-0.05, 0) is 31.5 Å². The molecule has 2 rings (SSSR count). The maximum atomic E-state index is 13.0. The molecule has 0 spiro atoms. The first-order valence-electron chi connectivity index (χ1n) is 6.72. The fourth-order valence-corrected chi connectivity index (χ4v) is 2.37. The van der Waals surface area contributed by atoms with Crippen LogP contribution in [0, 0.1) is 5.82 Å². The molecule has 114 valence electrons. The second kappa shape index (κ2) is 5.81. The maximum absolute atomic E-state index is 13.0. The Labute approximate surface area is 122 Å². The molecule has 1 amide bonds. The average molecular weight is 295 g/mol. The number of amides is 1. The van der Waals surface area contributed by atoms with Crippen molar-refractivity contribution >= 4 is 11.9 Å². The van der Waals surface area contributed by atoms with Crippen LogP contribution in [0.5, 0.6) is 0 Å². The van der Waals surface area contributed by atoms with Gasteiger partial charge in [-0.3, -0.25) is 4.79 Å². The van der Waals surface area contributed by atoms with Gasteiger partial charge in [-0.2, -0.15) is 0 Å². The molecule has 1 fully saturated rings. The lowest BCUT2D eigenvalue weighted by Gasteiger charge is -2.36. The van der Waals surface area contributed by atoms with Crippen LogP contribution in [-0.4, -0.2) is 47.7 Å². The van der Waals surface area contributed by atoms with Gasteiger partial charge in [0.05, 0.1) is 18.6 Å². The third kappa shape index (κ3) is 3.21. The molecule has 6 heteroatoms. The van der Waals surface area contributed by atoms with Crippen molar-refractivity contribution in [1.82, 2.24) is 4.90 Å². The van der Waals surface area contributed by atoms with Crippen LogP contribution in [0.2, 0.25) is 0 Å². The van der Waals surface area contributed by atoms with Gasteiger partial charge in [0.15, 0.2) is 6.10 Å². The molecule has 1 heterocycles. The molecule has 0 aromatic heterocycles. The Kier molecular flexibility index (Phi) is 4.27. The molecule has 1 aliphatic rings. The Bertz CT molecular complexity index is 541. The van der Waals surface area contributed by atoms with E-state index in [4.69, 9.17) is 9.84 Å². The molecular weight excluding hydrogens is 277 g/mol. The van der Waals surface area contributed by atoms with E-state index in [1.165, 1.54) is 17.0 Å². The molecule has 0 saturated carbocycles. The van der Waals surface area contributed by atoms with Crippen LogP contribution < -0.4 is 0 Å². The van der Waals surface area contributed by atoms with Gasteiger partial charge in [0.25, 0.3) is 0 Å². The van der Waals surface area contributed by atoms with Gasteiger partial charge in [0.2, 0.25) is 5.91 Å². The summed E-state index contributed by atoms with van der Waals surface area (Å²) in [6, 6.07) is 5.76. The number of carboxylic acids is 1. The third-order valence-corrected chi connectivity index (χ3v) is 3.73. The highest BCUT2D eigenvalue weighted by atomic mass is 19.1. The summed E-state index contributed by atoms with van der Waals surface area (Å²) in [5.41, 5.74) is -0.166. The van der Waals surface area contributed by atoms with E-state index in [2.05, 4.69) is 0 Å². The van der Waals surface area contributed by atoms with Crippen molar-refractivity contribution in [2.75, 3.05) is 19.7 Å². The lowest BCUT2D eigenvalue weighted by atomic mass is 9.83. The van der Waals surface area contributed by atoms with Gasteiger partial charge in [0.1, 0.15) is 5.82 Å². The second-order valence-electron chi connectivity index (χ2n) is 5.58. The molecular formula is C15H18FNO4. The van der Waals surface area contributed by atoms with Crippen LogP contribution >= 0.6 is 0 Å². The first-order chi connectivity index (χ1) is 9.82. The molecule has 0 radical (unpaired) electrons. The Hall–Kier alpha value is -1.95. The van der Waals surface area contributed by atoms with Crippen LogP contribution in [0.1, 0.15) is 19.4 Å². The SMILES string of the molecule is CC(C)(C(=O)N1CCO[C@@H](C(=O)O)C1)c1ccc(F)cc1. The zero-order valence-corrected chi connectivity index (χ0v) is 12.0. The average Bonchev–Trinajstić information content (AvgIpc) is 2.47. The number of benzene rings is 1. The molecule has 0 unspecified atom stereocenters. The summed E-state index contributed by atoms with van der Waals surface area (Å²) in [5.74, 6) is -1.63. The molecule has 5 nitrogen and oxygen atoms in total. The lowest BCUT2D eigenvalue weighted by Crippen LogP contribution is -2.53. The van der Waals surface area contributed by atoms with E-state index in [-0.39, 0.29) is 24.9 Å². The minimum Gasteiger partial charge on any atom is -0.479 e. The Balaban J connectivity index is 2.17. The molecule has 1 N–H and O–H groups in total. The number of nitrogens with zero attached hydrogens (tertiary/aromatic N) is 1. The van der Waals surface area contributed by atoms with Gasteiger partial charge < -0.3 is 14.7 Å². The first-order valence-corrected chi connectivity index (χ1v) is 6.72. The number of ether oxygens (including phenoxy) is 1. The predicted molar refractivity (Wildman–Crippen MR) is 73.4 cm³/mol. The summed E-state index contributed by atoms with van der Waals surface area (Å²) >= 11 is 0. The molecule has 1 aromatic carbocycles. The van der Waals surface area contributed by atoms with Gasteiger partial charge in [-0.25, -0.2) is 9.18 Å². The quantitative estimate of drug-likeness (QED) is 0.915. The van der Waals surface area contributed by atoms with E-state index in [0.717, 1.165) is 0 Å². The lowest BCUT2D eigenvalue weighted by molar-refractivity contribution is -0.160. The number of aliphatic carboxylic acids is 1. The van der Waals surface area contributed by atoms with E-state index in [0.29, 0.717) is 12.1 Å². The van der Waals surface area contributed by atoms with Crippen molar-refractivity contribution in [1.29, 1.82) is 0 Å². The van der Waals surface area contributed by atoms with Crippen molar-refractivity contribution in [2.24, 2.45) is 0 Å². The fourth-order valence-electron chi connectivity index (χ4n) is 2.37. The zero-order chi connectivity index (χ0) is 15.6. The van der Waals surface area contributed by atoms with Crippen molar-refractivity contribution in [3.8, 4) is 0 Å². The number of morpholine rings is 1. The van der Waals surface area contributed by atoms with Crippen LogP contribution in [0.15, 0.2) is 24.3 Å². The number of carboxylic acid groups (broad SMARTS) is 1. The number of halogens is 1. The molecule has 1 aliphatic heterocycles. The molecule has 21 heavy (non-hydrogen) atoms. The highest BCUT2D eigenvalue weighted by Gasteiger charge is 2.37. The van der Waals surface area contributed by atoms with Gasteiger partial charge in [-0.15, -0.1) is 0 Å². The predicted octanol–water partition coefficient (Wildman–Crippen LogP) is 1.42. The van der Waals surface area contributed by atoms with Crippen molar-refractivity contribution < 1.29 is 23.8 Å². The van der Waals surface area contributed by atoms with E-state index >= 15 is 0 Å². The van der Waals surface area contributed by atoms with Crippen LogP contribution in [-0.2, 0) is 19.7 Å². The summed E-state index contributed by atoms with van der Waals surface area (Å²) in [5, 5.41) is 8.98. The van der Waals surface area contributed by atoms with Gasteiger partial charge >= 0.3 is 5.97 Å². The fraction of sp³-hybridized carbons (Fsp3) is 0.467. The Morgan fingerprint density at radius 1 is 1.33 bits per heavy atom. The normalized spacial score (nSPS) is 19.4. The molecule has 0 bridgehead atoms. The third-order valence-electron chi connectivity index (χ3n) is 3.73. The molecule has 1 saturated heterocycles. The smallest absolute Gasteiger partial charge is 0.334 e. The summed E-state index contributed by atoms with van der Waals surface area (Å²) in [6.07, 6.45) is -0.994. The number of carbonyl (C=O) groups is 2. The highest BCUT2D eigenvalue weighted by molar-refractivity contribution is 5.88. The Morgan fingerprint density at radius 2 is 1.95 bits per heavy atom. The monoisotopic (exact) mass is 295 g/mol. The van der Waals surface area contributed by atoms with Crippen LogP contribution in [0.4, 0.5) is 4.39 Å². The second-order valence-corrected chi connectivity index (χ2v) is 5.58. The molecule has 1 aromatic rings. The van der Waals surface area contributed by atoms with Crippen LogP contribution in [0.3, 0.4) is 0 Å².